The van der Waals surface area contributed by atoms with E-state index in [4.69, 9.17) is 14.2 Å². The molecule has 1 aliphatic rings. The number of esters is 1. The molecule has 0 saturated heterocycles. The standard InChI is InChI=1S/C33H39N5O10S/c1-5-46-31(44)28-29(43)24(49-30(28)38-21-9-7-6-8-10-21)16-20-11-12-23(22(39)15-20)47-14-13-34-25(40)17-35-26(41)18-36-27(42)19-37-32(45)48-33(2,3)4/h6-12,15-16,38-39H,5,13-14,17-19H2,1-4H3,(H,34,40)(H,35,41)(H,36,42)(H,37,45)/b24-16-. The maximum atomic E-state index is 13.2. The second-order valence-corrected chi connectivity index (χ2v) is 12.2. The number of alkyl carbamates (subject to hydrolysis) is 1. The van der Waals surface area contributed by atoms with Crippen LogP contribution in [0.3, 0.4) is 0 Å². The largest absolute Gasteiger partial charge is 0.504 e. The second-order valence-electron chi connectivity index (χ2n) is 11.2. The van der Waals surface area contributed by atoms with E-state index in [0.29, 0.717) is 16.3 Å². The summed E-state index contributed by atoms with van der Waals surface area (Å²) in [6.45, 7) is 5.68. The summed E-state index contributed by atoms with van der Waals surface area (Å²) >= 11 is 1.08. The van der Waals surface area contributed by atoms with Crippen LogP contribution in [-0.2, 0) is 33.4 Å². The lowest BCUT2D eigenvalue weighted by Crippen LogP contribution is -2.45. The third-order valence-corrected chi connectivity index (χ3v) is 7.08. The number of allylic oxidation sites excluding steroid dienone is 1. The van der Waals surface area contributed by atoms with Gasteiger partial charge in [-0.15, -0.1) is 0 Å². The van der Waals surface area contributed by atoms with Crippen LogP contribution in [0.2, 0.25) is 0 Å². The second kappa shape index (κ2) is 18.1. The Balaban J connectivity index is 1.42. The molecule has 0 saturated carbocycles. The Labute approximate surface area is 287 Å². The maximum Gasteiger partial charge on any atom is 0.408 e. The highest BCUT2D eigenvalue weighted by atomic mass is 32.2. The van der Waals surface area contributed by atoms with Gasteiger partial charge in [0.25, 0.3) is 0 Å². The molecule has 49 heavy (non-hydrogen) atoms. The zero-order valence-corrected chi connectivity index (χ0v) is 28.3. The monoisotopic (exact) mass is 697 g/mol. The first-order valence-electron chi connectivity index (χ1n) is 15.2. The van der Waals surface area contributed by atoms with Crippen molar-refractivity contribution in [2.75, 3.05) is 44.7 Å². The molecule has 2 aromatic carbocycles. The van der Waals surface area contributed by atoms with Gasteiger partial charge in [-0.1, -0.05) is 36.0 Å². The fourth-order valence-electron chi connectivity index (χ4n) is 3.92. The molecule has 1 aliphatic heterocycles. The first-order chi connectivity index (χ1) is 23.3. The number of ketones is 1. The molecule has 0 radical (unpaired) electrons. The Hall–Kier alpha value is -5.51. The number of phenolic OH excluding ortho intramolecular Hbond substituents is 1. The van der Waals surface area contributed by atoms with Gasteiger partial charge in [-0.25, -0.2) is 9.59 Å². The number of thioether (sulfide) groups is 1. The number of anilines is 1. The van der Waals surface area contributed by atoms with Gasteiger partial charge in [0, 0.05) is 5.69 Å². The van der Waals surface area contributed by atoms with E-state index in [2.05, 4.69) is 26.6 Å². The predicted molar refractivity (Wildman–Crippen MR) is 181 cm³/mol. The van der Waals surface area contributed by atoms with Crippen molar-refractivity contribution in [3.8, 4) is 11.5 Å². The zero-order chi connectivity index (χ0) is 36.0. The average molecular weight is 698 g/mol. The summed E-state index contributed by atoms with van der Waals surface area (Å²) in [4.78, 5) is 73.4. The van der Waals surface area contributed by atoms with Gasteiger partial charge in [-0.3, -0.25) is 19.2 Å². The molecule has 2 aromatic rings. The topological polar surface area (TPSA) is 210 Å². The van der Waals surface area contributed by atoms with Gasteiger partial charge in [0.1, 0.15) is 24.3 Å². The van der Waals surface area contributed by atoms with E-state index in [9.17, 15) is 33.9 Å². The normalized spacial score (nSPS) is 13.4. The molecular formula is C33H39N5O10S. The summed E-state index contributed by atoms with van der Waals surface area (Å²) < 4.78 is 15.6. The molecule has 16 heteroatoms. The van der Waals surface area contributed by atoms with E-state index in [1.165, 1.54) is 18.2 Å². The minimum atomic E-state index is -0.773. The van der Waals surface area contributed by atoms with E-state index < -0.39 is 47.7 Å². The molecule has 6 N–H and O–H groups in total. The van der Waals surface area contributed by atoms with E-state index in [1.54, 1.807) is 45.9 Å². The molecule has 0 fully saturated rings. The molecule has 0 unspecified atom stereocenters. The summed E-state index contributed by atoms with van der Waals surface area (Å²) in [7, 11) is 0. The van der Waals surface area contributed by atoms with Crippen molar-refractivity contribution in [2.24, 2.45) is 0 Å². The highest BCUT2D eigenvalue weighted by Gasteiger charge is 2.35. The van der Waals surface area contributed by atoms with Crippen molar-refractivity contribution in [1.29, 1.82) is 0 Å². The number of Topliss-reactive ketones (excluding diaryl/α,β-unsaturated/α-hetero) is 1. The van der Waals surface area contributed by atoms with Gasteiger partial charge >= 0.3 is 12.1 Å². The molecule has 0 aromatic heterocycles. The van der Waals surface area contributed by atoms with Crippen LogP contribution < -0.4 is 31.3 Å². The van der Waals surface area contributed by atoms with Crippen molar-refractivity contribution >= 4 is 59.1 Å². The van der Waals surface area contributed by atoms with Gasteiger partial charge in [-0.2, -0.15) is 0 Å². The number of rotatable bonds is 15. The molecule has 15 nitrogen and oxygen atoms in total. The molecule has 1 heterocycles. The SMILES string of the molecule is CCOC(=O)C1=C(Nc2ccccc2)S/C(=C\c2ccc(OCCNC(=O)CNC(=O)CNC(=O)CNC(=O)OC(C)(C)C)c(O)c2)C1=O. The Kier molecular flexibility index (Phi) is 14.1. The van der Waals surface area contributed by atoms with Gasteiger partial charge in [0.15, 0.2) is 11.5 Å². The summed E-state index contributed by atoms with van der Waals surface area (Å²) in [6, 6.07) is 13.6. The fraction of sp³-hybridized carbons (Fsp3) is 0.333. The summed E-state index contributed by atoms with van der Waals surface area (Å²) in [6.07, 6.45) is 0.765. The van der Waals surface area contributed by atoms with E-state index >= 15 is 0 Å². The number of hydrogen-bond donors (Lipinski definition) is 6. The zero-order valence-electron chi connectivity index (χ0n) is 27.5. The smallest absolute Gasteiger partial charge is 0.408 e. The Bertz CT molecular complexity index is 1620. The lowest BCUT2D eigenvalue weighted by atomic mass is 10.1. The fourth-order valence-corrected chi connectivity index (χ4v) is 4.98. The number of phenols is 1. The lowest BCUT2D eigenvalue weighted by Gasteiger charge is -2.19. The maximum absolute atomic E-state index is 13.2. The van der Waals surface area contributed by atoms with Gasteiger partial charge in [-0.05, 0) is 63.6 Å². The molecule has 0 atom stereocenters. The van der Waals surface area contributed by atoms with Crippen LogP contribution in [0.4, 0.5) is 10.5 Å². The Morgan fingerprint density at radius 3 is 2.12 bits per heavy atom. The molecular weight excluding hydrogens is 658 g/mol. The summed E-state index contributed by atoms with van der Waals surface area (Å²) in [5.41, 5.74) is 0.338. The minimum absolute atomic E-state index is 0.00986. The van der Waals surface area contributed by atoms with Crippen molar-refractivity contribution in [3.05, 3.63) is 69.6 Å². The number of ether oxygens (including phenoxy) is 3. The average Bonchev–Trinajstić information content (AvgIpc) is 3.34. The van der Waals surface area contributed by atoms with Gasteiger partial charge < -0.3 is 45.9 Å². The van der Waals surface area contributed by atoms with Gasteiger partial charge in [0.2, 0.25) is 23.5 Å². The third kappa shape index (κ3) is 12.9. The predicted octanol–water partition coefficient (Wildman–Crippen LogP) is 2.19. The number of aromatic hydroxyl groups is 1. The highest BCUT2D eigenvalue weighted by molar-refractivity contribution is 8.08. The van der Waals surface area contributed by atoms with E-state index in [1.807, 2.05) is 18.2 Å². The van der Waals surface area contributed by atoms with Crippen molar-refractivity contribution in [1.82, 2.24) is 21.3 Å². The molecule has 262 valence electrons. The van der Waals surface area contributed by atoms with Crippen LogP contribution in [0.25, 0.3) is 6.08 Å². The number of para-hydroxylation sites is 1. The van der Waals surface area contributed by atoms with E-state index in [-0.39, 0.29) is 54.8 Å². The third-order valence-electron chi connectivity index (χ3n) is 6.05. The number of nitrogens with one attached hydrogen (secondary N) is 5. The van der Waals surface area contributed by atoms with Crippen LogP contribution in [-0.4, -0.2) is 85.7 Å². The number of benzene rings is 2. The quantitative estimate of drug-likeness (QED) is 0.0685. The molecule has 0 spiro atoms. The summed E-state index contributed by atoms with van der Waals surface area (Å²) in [5, 5.41) is 23.4. The van der Waals surface area contributed by atoms with Gasteiger partial charge in [0.05, 0.1) is 36.2 Å². The first kappa shape index (κ1) is 37.9. The van der Waals surface area contributed by atoms with Crippen molar-refractivity contribution in [3.63, 3.8) is 0 Å². The molecule has 4 amide bonds. The number of carbonyl (C=O) groups is 6. The first-order valence-corrected chi connectivity index (χ1v) is 16.0. The van der Waals surface area contributed by atoms with Crippen molar-refractivity contribution in [2.45, 2.75) is 33.3 Å². The van der Waals surface area contributed by atoms with E-state index in [0.717, 1.165) is 11.8 Å². The number of carbonyl (C=O) groups excluding carboxylic acids is 6. The van der Waals surface area contributed by atoms with Crippen LogP contribution in [0, 0.1) is 0 Å². The van der Waals surface area contributed by atoms with Crippen LogP contribution in [0.1, 0.15) is 33.3 Å². The van der Waals surface area contributed by atoms with Crippen molar-refractivity contribution < 1.29 is 48.1 Å². The number of amides is 4. The number of hydrogen-bond acceptors (Lipinski definition) is 12. The molecule has 0 bridgehead atoms. The minimum Gasteiger partial charge on any atom is -0.504 e. The Morgan fingerprint density at radius 1 is 0.878 bits per heavy atom. The Morgan fingerprint density at radius 2 is 1.51 bits per heavy atom. The van der Waals surface area contributed by atoms with Crippen LogP contribution in [0.5, 0.6) is 11.5 Å². The lowest BCUT2D eigenvalue weighted by molar-refractivity contribution is -0.139. The van der Waals surface area contributed by atoms with Crippen LogP contribution in [0.15, 0.2) is 64.0 Å². The molecule has 3 rings (SSSR count). The summed E-state index contributed by atoms with van der Waals surface area (Å²) in [5.74, 6) is -3.09. The van der Waals surface area contributed by atoms with Crippen LogP contribution >= 0.6 is 11.8 Å². The molecule has 0 aliphatic carbocycles. The highest BCUT2D eigenvalue weighted by Crippen LogP contribution is 2.41.